The third kappa shape index (κ3) is 5.50. The maximum absolute atomic E-state index is 13.2. The Morgan fingerprint density at radius 1 is 1.15 bits per heavy atom. The minimum atomic E-state index is -4.18. The van der Waals surface area contributed by atoms with E-state index in [9.17, 15) is 13.2 Å². The summed E-state index contributed by atoms with van der Waals surface area (Å²) in [6.45, 7) is 1.69. The first-order valence-electron chi connectivity index (χ1n) is 9.65. The third-order valence-electron chi connectivity index (χ3n) is 4.77. The molecule has 0 fully saturated rings. The zero-order chi connectivity index (χ0) is 24.3. The summed E-state index contributed by atoms with van der Waals surface area (Å²) in [5, 5.41) is 0.373. The average Bonchev–Trinajstić information content (AvgIpc) is 2.74. The molecule has 1 heterocycles. The van der Waals surface area contributed by atoms with Gasteiger partial charge >= 0.3 is 0 Å². The molecule has 0 spiro atoms. The van der Waals surface area contributed by atoms with E-state index in [0.717, 1.165) is 0 Å². The molecule has 33 heavy (non-hydrogen) atoms. The molecule has 3 aromatic rings. The highest BCUT2D eigenvalue weighted by Gasteiger charge is 2.27. The van der Waals surface area contributed by atoms with Gasteiger partial charge in [-0.05, 0) is 41.8 Å². The highest BCUT2D eigenvalue weighted by atomic mass is 35.5. The summed E-state index contributed by atoms with van der Waals surface area (Å²) in [6, 6.07) is 11.3. The number of aromatic nitrogens is 2. The van der Waals surface area contributed by atoms with Crippen molar-refractivity contribution in [2.24, 2.45) is 10.1 Å². The second-order valence-corrected chi connectivity index (χ2v) is 9.76. The first kappa shape index (κ1) is 24.6. The lowest BCUT2D eigenvalue weighted by molar-refractivity contribution is -0.118. The number of halogens is 2. The van der Waals surface area contributed by atoms with Crippen LogP contribution in [-0.2, 0) is 14.8 Å². The zero-order valence-electron chi connectivity index (χ0n) is 18.0. The topological polar surface area (TPSA) is 119 Å². The van der Waals surface area contributed by atoms with Crippen molar-refractivity contribution in [1.82, 2.24) is 14.9 Å². The molecule has 0 saturated heterocycles. The third-order valence-corrected chi connectivity index (χ3v) is 6.57. The van der Waals surface area contributed by atoms with E-state index in [2.05, 4.69) is 14.4 Å². The molecular formula is C22H21Cl2N5O3S. The van der Waals surface area contributed by atoms with Crippen LogP contribution in [0.2, 0.25) is 10.3 Å². The van der Waals surface area contributed by atoms with Gasteiger partial charge in [0.15, 0.2) is 0 Å². The number of rotatable bonds is 7. The van der Waals surface area contributed by atoms with Gasteiger partial charge < -0.3 is 10.6 Å². The van der Waals surface area contributed by atoms with E-state index in [1.165, 1.54) is 23.5 Å². The fraction of sp³-hybridized carbons (Fsp3) is 0.182. The van der Waals surface area contributed by atoms with E-state index >= 15 is 0 Å². The predicted octanol–water partition coefficient (Wildman–Crippen LogP) is 3.65. The van der Waals surface area contributed by atoms with Gasteiger partial charge in [-0.2, -0.15) is 8.42 Å². The van der Waals surface area contributed by atoms with Gasteiger partial charge in [0.05, 0.1) is 16.5 Å². The van der Waals surface area contributed by atoms with Crippen LogP contribution in [0, 0.1) is 6.92 Å². The highest BCUT2D eigenvalue weighted by molar-refractivity contribution is 7.90. The van der Waals surface area contributed by atoms with E-state index in [1.807, 2.05) is 0 Å². The Balaban J connectivity index is 2.30. The number of aryl methyl sites for hydroxylation is 1. The summed E-state index contributed by atoms with van der Waals surface area (Å²) in [5.41, 5.74) is 7.76. The molecule has 1 amide bonds. The van der Waals surface area contributed by atoms with Crippen molar-refractivity contribution in [3.05, 3.63) is 75.8 Å². The summed E-state index contributed by atoms with van der Waals surface area (Å²) in [7, 11) is -0.887. The molecule has 0 aliphatic rings. The van der Waals surface area contributed by atoms with Gasteiger partial charge in [0.2, 0.25) is 11.2 Å². The van der Waals surface area contributed by atoms with Crippen molar-refractivity contribution in [3.63, 3.8) is 0 Å². The smallest absolute Gasteiger partial charge is 0.284 e. The molecule has 0 bridgehead atoms. The van der Waals surface area contributed by atoms with Crippen LogP contribution in [0.4, 0.5) is 0 Å². The molecule has 1 atom stereocenters. The standard InChI is InChI=1S/C22H21Cl2N5O3S/c1-13-17(11-26-22(24)28-13)15-9-8-14(10-19(15)33(31,32)27-12-29(2)3)20(21(25)30)16-6-4-5-7-18(16)23/h4-12,20H,1-3H3,(H2,25,30). The minimum Gasteiger partial charge on any atom is -0.369 e. The molecule has 0 aliphatic heterocycles. The molecule has 0 aliphatic carbocycles. The van der Waals surface area contributed by atoms with Crippen LogP contribution in [-0.4, -0.2) is 49.6 Å². The number of nitrogens with zero attached hydrogens (tertiary/aromatic N) is 4. The van der Waals surface area contributed by atoms with Gasteiger partial charge in [-0.15, -0.1) is 4.40 Å². The van der Waals surface area contributed by atoms with Crippen molar-refractivity contribution in [2.75, 3.05) is 14.1 Å². The van der Waals surface area contributed by atoms with E-state index in [4.69, 9.17) is 28.9 Å². The lowest BCUT2D eigenvalue weighted by Gasteiger charge is -2.18. The molecule has 0 radical (unpaired) electrons. The predicted molar refractivity (Wildman–Crippen MR) is 129 cm³/mol. The second-order valence-electron chi connectivity index (χ2n) is 7.41. The van der Waals surface area contributed by atoms with Gasteiger partial charge in [-0.3, -0.25) is 4.79 Å². The van der Waals surface area contributed by atoms with Crippen LogP contribution in [0.1, 0.15) is 22.7 Å². The Bertz CT molecular complexity index is 1340. The van der Waals surface area contributed by atoms with Crippen molar-refractivity contribution >= 4 is 45.5 Å². The van der Waals surface area contributed by atoms with Gasteiger partial charge in [-0.1, -0.05) is 41.9 Å². The van der Waals surface area contributed by atoms with Gasteiger partial charge in [0.1, 0.15) is 6.34 Å². The Morgan fingerprint density at radius 3 is 2.45 bits per heavy atom. The first-order valence-corrected chi connectivity index (χ1v) is 11.8. The molecule has 3 rings (SSSR count). The first-order chi connectivity index (χ1) is 15.5. The van der Waals surface area contributed by atoms with Crippen LogP contribution in [0.15, 0.2) is 58.0 Å². The van der Waals surface area contributed by atoms with Crippen LogP contribution < -0.4 is 5.73 Å². The Labute approximate surface area is 202 Å². The molecule has 11 heteroatoms. The van der Waals surface area contributed by atoms with E-state index in [-0.39, 0.29) is 10.2 Å². The summed E-state index contributed by atoms with van der Waals surface area (Å²) in [6.07, 6.45) is 2.62. The van der Waals surface area contributed by atoms with Crippen LogP contribution in [0.5, 0.6) is 0 Å². The fourth-order valence-corrected chi connectivity index (χ4v) is 4.86. The number of carbonyl (C=O) groups excluding carboxylic acids is 1. The SMILES string of the molecule is Cc1nc(Cl)ncc1-c1ccc(C(C(N)=O)c2ccccc2Cl)cc1S(=O)(=O)N=CN(C)C. The summed E-state index contributed by atoms with van der Waals surface area (Å²) in [4.78, 5) is 21.9. The van der Waals surface area contributed by atoms with Gasteiger partial charge in [0, 0.05) is 36.4 Å². The molecule has 0 saturated carbocycles. The number of hydrogen-bond donors (Lipinski definition) is 1. The van der Waals surface area contributed by atoms with Crippen molar-refractivity contribution < 1.29 is 13.2 Å². The van der Waals surface area contributed by atoms with Crippen molar-refractivity contribution in [2.45, 2.75) is 17.7 Å². The number of sulfonamides is 1. The number of amides is 1. The maximum atomic E-state index is 13.2. The number of nitrogens with two attached hydrogens (primary N) is 1. The van der Waals surface area contributed by atoms with E-state index in [1.54, 1.807) is 57.4 Å². The Hall–Kier alpha value is -3.01. The van der Waals surface area contributed by atoms with Crippen LogP contribution in [0.25, 0.3) is 11.1 Å². The van der Waals surface area contributed by atoms with Crippen LogP contribution >= 0.6 is 23.2 Å². The largest absolute Gasteiger partial charge is 0.369 e. The number of hydrogen-bond acceptors (Lipinski definition) is 5. The molecule has 2 N–H and O–H groups in total. The molecule has 8 nitrogen and oxygen atoms in total. The second kappa shape index (κ2) is 9.86. The normalized spacial score (nSPS) is 12.6. The summed E-state index contributed by atoms with van der Waals surface area (Å²) < 4.78 is 30.2. The van der Waals surface area contributed by atoms with Crippen molar-refractivity contribution in [3.8, 4) is 11.1 Å². The molecular weight excluding hydrogens is 485 g/mol. The maximum Gasteiger partial charge on any atom is 0.284 e. The van der Waals surface area contributed by atoms with E-state index in [0.29, 0.717) is 33.0 Å². The van der Waals surface area contributed by atoms with Gasteiger partial charge in [-0.25, -0.2) is 9.97 Å². The average molecular weight is 506 g/mol. The Morgan fingerprint density at radius 2 is 1.85 bits per heavy atom. The molecule has 1 unspecified atom stereocenters. The lowest BCUT2D eigenvalue weighted by Crippen LogP contribution is -2.23. The Kier molecular flexibility index (Phi) is 7.36. The molecule has 1 aromatic heterocycles. The quantitative estimate of drug-likeness (QED) is 0.297. The number of primary amides is 1. The summed E-state index contributed by atoms with van der Waals surface area (Å²) in [5.74, 6) is -1.65. The molecule has 172 valence electrons. The lowest BCUT2D eigenvalue weighted by atomic mass is 9.89. The fourth-order valence-electron chi connectivity index (χ4n) is 3.28. The van der Waals surface area contributed by atoms with E-state index < -0.39 is 21.8 Å². The molecule has 2 aromatic carbocycles. The van der Waals surface area contributed by atoms with Crippen LogP contribution in [0.3, 0.4) is 0 Å². The highest BCUT2D eigenvalue weighted by Crippen LogP contribution is 2.36. The number of carbonyl (C=O) groups is 1. The zero-order valence-corrected chi connectivity index (χ0v) is 20.4. The number of benzene rings is 2. The minimum absolute atomic E-state index is 0.0374. The monoisotopic (exact) mass is 505 g/mol. The van der Waals surface area contributed by atoms with Gasteiger partial charge in [0.25, 0.3) is 10.0 Å². The van der Waals surface area contributed by atoms with Crippen molar-refractivity contribution in [1.29, 1.82) is 0 Å². The summed E-state index contributed by atoms with van der Waals surface area (Å²) >= 11 is 12.2.